The largest absolute Gasteiger partial charge is 0.462 e. The summed E-state index contributed by atoms with van der Waals surface area (Å²) < 4.78 is 54.0. The SMILES string of the molecule is CC/C=C/C=C/C=C/CCCCCCCC(=O)OC(COC(=O)CCCCCCCCC/C=C/C/C=C/CCCCC)CO[C@H]1O[C@H](CS(=O)(=O)O)[C@@H](O)C(O)C1O. The van der Waals surface area contributed by atoms with Crippen LogP contribution in [0.5, 0.6) is 0 Å². The lowest BCUT2D eigenvalue weighted by Crippen LogP contribution is -2.60. The third-order valence-corrected chi connectivity index (χ3v) is 10.4. The summed E-state index contributed by atoms with van der Waals surface area (Å²) in [4.78, 5) is 25.4. The van der Waals surface area contributed by atoms with Gasteiger partial charge in [-0.2, -0.15) is 8.42 Å². The van der Waals surface area contributed by atoms with Crippen LogP contribution in [0, 0.1) is 0 Å². The molecule has 1 aliphatic rings. The second kappa shape index (κ2) is 35.1. The molecule has 13 heteroatoms. The summed E-state index contributed by atoms with van der Waals surface area (Å²) in [5.41, 5.74) is 0. The average Bonchev–Trinajstić information content (AvgIpc) is 3.18. The summed E-state index contributed by atoms with van der Waals surface area (Å²) in [6, 6.07) is 0. The minimum Gasteiger partial charge on any atom is -0.462 e. The van der Waals surface area contributed by atoms with Gasteiger partial charge in [0, 0.05) is 12.8 Å². The van der Waals surface area contributed by atoms with Crippen molar-refractivity contribution in [3.63, 3.8) is 0 Å². The lowest BCUT2D eigenvalue weighted by atomic mass is 10.00. The summed E-state index contributed by atoms with van der Waals surface area (Å²) in [5.74, 6) is -2.03. The maximum Gasteiger partial charge on any atom is 0.306 e. The molecule has 58 heavy (non-hydrogen) atoms. The van der Waals surface area contributed by atoms with Gasteiger partial charge >= 0.3 is 11.9 Å². The van der Waals surface area contributed by atoms with Crippen LogP contribution >= 0.6 is 0 Å². The lowest BCUT2D eigenvalue weighted by Gasteiger charge is -2.40. The van der Waals surface area contributed by atoms with Gasteiger partial charge in [-0.25, -0.2) is 0 Å². The van der Waals surface area contributed by atoms with Gasteiger partial charge in [0.1, 0.15) is 36.8 Å². The van der Waals surface area contributed by atoms with Crippen molar-refractivity contribution < 1.29 is 56.8 Å². The molecule has 0 aromatic rings. The molecule has 0 radical (unpaired) electrons. The fourth-order valence-electron chi connectivity index (χ4n) is 6.23. The average molecular weight is 841 g/mol. The van der Waals surface area contributed by atoms with Crippen LogP contribution in [-0.2, 0) is 38.7 Å². The number of carbonyl (C=O) groups excluding carboxylic acids is 2. The zero-order valence-electron chi connectivity index (χ0n) is 35.4. The van der Waals surface area contributed by atoms with Crippen LogP contribution in [0.3, 0.4) is 0 Å². The van der Waals surface area contributed by atoms with E-state index in [4.69, 9.17) is 18.9 Å². The Morgan fingerprint density at radius 1 is 0.621 bits per heavy atom. The number of rotatable bonds is 35. The zero-order valence-corrected chi connectivity index (χ0v) is 36.2. The molecule has 0 saturated carbocycles. The van der Waals surface area contributed by atoms with Gasteiger partial charge in [0.2, 0.25) is 0 Å². The lowest BCUT2D eigenvalue weighted by molar-refractivity contribution is -0.297. The molecule has 0 aromatic carbocycles. The highest BCUT2D eigenvalue weighted by Gasteiger charge is 2.46. The fraction of sp³-hybridized carbons (Fsp3) is 0.733. The molecule has 1 saturated heterocycles. The Morgan fingerprint density at radius 3 is 1.74 bits per heavy atom. The first-order valence-electron chi connectivity index (χ1n) is 21.9. The molecule has 0 amide bonds. The first-order valence-corrected chi connectivity index (χ1v) is 23.5. The highest BCUT2D eigenvalue weighted by Crippen LogP contribution is 2.24. The second-order valence-electron chi connectivity index (χ2n) is 15.0. The smallest absolute Gasteiger partial charge is 0.306 e. The first kappa shape index (κ1) is 53.4. The van der Waals surface area contributed by atoms with E-state index in [-0.39, 0.29) is 19.4 Å². The van der Waals surface area contributed by atoms with E-state index >= 15 is 0 Å². The number of unbranched alkanes of at least 4 members (excludes halogenated alkanes) is 15. The van der Waals surface area contributed by atoms with Gasteiger partial charge in [0.05, 0.1) is 6.61 Å². The Hall–Kier alpha value is -2.65. The highest BCUT2D eigenvalue weighted by molar-refractivity contribution is 7.85. The van der Waals surface area contributed by atoms with Crippen LogP contribution in [0.2, 0.25) is 0 Å². The van der Waals surface area contributed by atoms with Crippen LogP contribution in [0.25, 0.3) is 0 Å². The van der Waals surface area contributed by atoms with E-state index in [1.807, 2.05) is 24.3 Å². The molecule has 0 aromatic heterocycles. The van der Waals surface area contributed by atoms with Crippen molar-refractivity contribution >= 4 is 22.1 Å². The zero-order chi connectivity index (χ0) is 42.7. The molecular weight excluding hydrogens is 765 g/mol. The van der Waals surface area contributed by atoms with Crippen LogP contribution in [0.15, 0.2) is 60.8 Å². The van der Waals surface area contributed by atoms with Gasteiger partial charge in [-0.3, -0.25) is 14.1 Å². The summed E-state index contributed by atoms with van der Waals surface area (Å²) in [6.07, 6.45) is 32.7. The quantitative estimate of drug-likeness (QED) is 0.0157. The van der Waals surface area contributed by atoms with Crippen LogP contribution in [0.4, 0.5) is 0 Å². The van der Waals surface area contributed by atoms with Gasteiger partial charge in [0.15, 0.2) is 12.4 Å². The number of hydrogen-bond acceptors (Lipinski definition) is 11. The van der Waals surface area contributed by atoms with Crippen LogP contribution in [0.1, 0.15) is 155 Å². The number of allylic oxidation sites excluding steroid dienone is 10. The van der Waals surface area contributed by atoms with E-state index in [1.165, 1.54) is 38.5 Å². The minimum absolute atomic E-state index is 0.137. The van der Waals surface area contributed by atoms with Crippen LogP contribution in [-0.4, -0.2) is 96.0 Å². The molecule has 6 atom stereocenters. The monoisotopic (exact) mass is 841 g/mol. The number of hydrogen-bond donors (Lipinski definition) is 4. The maximum absolute atomic E-state index is 12.8. The number of ether oxygens (including phenoxy) is 4. The Balaban J connectivity index is 2.47. The van der Waals surface area contributed by atoms with Crippen molar-refractivity contribution in [3.05, 3.63) is 60.8 Å². The van der Waals surface area contributed by atoms with E-state index in [0.717, 1.165) is 77.0 Å². The Morgan fingerprint density at radius 2 is 1.16 bits per heavy atom. The maximum atomic E-state index is 12.8. The van der Waals surface area contributed by atoms with Crippen molar-refractivity contribution in [1.29, 1.82) is 0 Å². The molecule has 0 bridgehead atoms. The molecule has 1 aliphatic heterocycles. The van der Waals surface area contributed by atoms with Crippen molar-refractivity contribution in [1.82, 2.24) is 0 Å². The molecule has 0 aliphatic carbocycles. The summed E-state index contributed by atoms with van der Waals surface area (Å²) >= 11 is 0. The van der Waals surface area contributed by atoms with Crippen molar-refractivity contribution in [2.45, 2.75) is 192 Å². The predicted octanol–water partition coefficient (Wildman–Crippen LogP) is 8.56. The standard InChI is InChI=1S/C45H76O12S/c1-3-5-7-9-11-13-15-17-18-19-20-22-23-25-27-29-31-33-40(46)54-35-38(36-55-45-44(50)43(49)42(48)39(57-45)37-58(51,52)53)56-41(47)34-32-30-28-26-24-21-16-14-12-10-8-6-4-2/h6,8,10-14,16-18,38-39,42-45,48-50H,3-5,7,9,15,19-37H2,1-2H3,(H,51,52,53)/b8-6+,12-10+,13-11+,16-14+,18-17+/t38?,39-,42-,43?,44?,45+/m1/s1. The van der Waals surface area contributed by atoms with Gasteiger partial charge in [-0.1, -0.05) is 139 Å². The highest BCUT2D eigenvalue weighted by atomic mass is 32.2. The molecule has 3 unspecified atom stereocenters. The normalized spacial score (nSPS) is 21.0. The summed E-state index contributed by atoms with van der Waals surface area (Å²) in [6.45, 7) is 3.56. The van der Waals surface area contributed by atoms with E-state index in [2.05, 4.69) is 50.3 Å². The van der Waals surface area contributed by atoms with Crippen molar-refractivity contribution in [2.24, 2.45) is 0 Å². The third-order valence-electron chi connectivity index (χ3n) is 9.64. The molecule has 12 nitrogen and oxygen atoms in total. The van der Waals surface area contributed by atoms with Crippen LogP contribution < -0.4 is 0 Å². The Kier molecular flexibility index (Phi) is 32.3. The molecule has 1 fully saturated rings. The number of aliphatic hydroxyl groups is 3. The molecule has 1 heterocycles. The van der Waals surface area contributed by atoms with E-state index in [0.29, 0.717) is 12.8 Å². The van der Waals surface area contributed by atoms with Gasteiger partial charge < -0.3 is 34.3 Å². The topological polar surface area (TPSA) is 186 Å². The van der Waals surface area contributed by atoms with Crippen molar-refractivity contribution in [2.75, 3.05) is 19.0 Å². The number of aliphatic hydroxyl groups excluding tert-OH is 3. The van der Waals surface area contributed by atoms with E-state index in [9.17, 15) is 37.9 Å². The fourth-order valence-corrected chi connectivity index (χ4v) is 6.93. The van der Waals surface area contributed by atoms with E-state index in [1.54, 1.807) is 0 Å². The Bertz CT molecular complexity index is 1310. The summed E-state index contributed by atoms with van der Waals surface area (Å²) in [5, 5.41) is 30.8. The summed E-state index contributed by atoms with van der Waals surface area (Å²) in [7, 11) is -4.61. The van der Waals surface area contributed by atoms with Crippen molar-refractivity contribution in [3.8, 4) is 0 Å². The molecule has 4 N–H and O–H groups in total. The first-order chi connectivity index (χ1) is 28.0. The van der Waals surface area contributed by atoms with Gasteiger partial charge in [-0.15, -0.1) is 0 Å². The molecule has 0 spiro atoms. The molecule has 334 valence electrons. The second-order valence-corrected chi connectivity index (χ2v) is 16.5. The Labute approximate surface area is 349 Å². The van der Waals surface area contributed by atoms with E-state index < -0.39 is 71.2 Å². The van der Waals surface area contributed by atoms with Gasteiger partial charge in [0.25, 0.3) is 10.1 Å². The third kappa shape index (κ3) is 29.5. The number of carbonyl (C=O) groups is 2. The number of esters is 2. The molecular formula is C45H76O12S. The van der Waals surface area contributed by atoms with Gasteiger partial charge in [-0.05, 0) is 64.2 Å². The minimum atomic E-state index is -4.61. The molecule has 1 rings (SSSR count). The predicted molar refractivity (Wildman–Crippen MR) is 229 cm³/mol.